The number of nitro benzene ring substituents is 1. The van der Waals surface area contributed by atoms with Crippen molar-refractivity contribution in [2.45, 2.75) is 0 Å². The second kappa shape index (κ2) is 4.08. The third-order valence-electron chi connectivity index (χ3n) is 1.50. The Hall–Kier alpha value is -1.30. The maximum Gasteiger partial charge on any atom is 0.296 e. The molecule has 13 heavy (non-hydrogen) atoms. The minimum absolute atomic E-state index is 0.0313. The largest absolute Gasteiger partial charge is 0.496 e. The molecule has 0 heterocycles. The molecule has 1 aromatic rings. The molecule has 0 aliphatic heterocycles. The molecule has 0 spiro atoms. The fourth-order valence-electron chi connectivity index (χ4n) is 0.869. The normalized spacial score (nSPS) is 9.38. The lowest BCUT2D eigenvalue weighted by atomic mass is 10.2. The Morgan fingerprint density at radius 3 is 2.77 bits per heavy atom. The molecular formula is C7H7BrN2O3. The Labute approximate surface area is 83.2 Å². The first-order chi connectivity index (χ1) is 6.19. The lowest BCUT2D eigenvalue weighted by Crippen LogP contribution is -1.93. The fraction of sp³-hybridized carbons (Fsp3) is 0.143. The first-order valence-corrected chi connectivity index (χ1v) is 4.17. The molecule has 0 aliphatic rings. The van der Waals surface area contributed by atoms with Crippen LogP contribution in [-0.4, -0.2) is 12.0 Å². The molecule has 1 aromatic carbocycles. The van der Waals surface area contributed by atoms with Crippen LogP contribution in [0.3, 0.4) is 0 Å². The van der Waals surface area contributed by atoms with E-state index >= 15 is 0 Å². The van der Waals surface area contributed by atoms with Crippen LogP contribution >= 0.6 is 16.1 Å². The molecule has 0 atom stereocenters. The van der Waals surface area contributed by atoms with E-state index in [-0.39, 0.29) is 5.69 Å². The van der Waals surface area contributed by atoms with Gasteiger partial charge in [0.15, 0.2) is 0 Å². The predicted molar refractivity (Wildman–Crippen MR) is 52.2 cm³/mol. The van der Waals surface area contributed by atoms with Crippen LogP contribution in [0.1, 0.15) is 0 Å². The molecule has 6 heteroatoms. The highest BCUT2D eigenvalue weighted by Crippen LogP contribution is 2.29. The summed E-state index contributed by atoms with van der Waals surface area (Å²) in [7, 11) is 1.46. The molecule has 0 unspecified atom stereocenters. The number of halogens is 1. The summed E-state index contributed by atoms with van der Waals surface area (Å²) in [6.45, 7) is 0. The quantitative estimate of drug-likeness (QED) is 0.505. The SMILES string of the molecule is COc1ccc(NBr)c([N+](=O)[O-])c1. The molecule has 0 bridgehead atoms. The van der Waals surface area contributed by atoms with E-state index in [0.29, 0.717) is 11.4 Å². The second-order valence-electron chi connectivity index (χ2n) is 2.23. The first kappa shape index (κ1) is 9.79. The van der Waals surface area contributed by atoms with Crippen LogP contribution in [0, 0.1) is 10.1 Å². The van der Waals surface area contributed by atoms with Crippen molar-refractivity contribution in [2.24, 2.45) is 0 Å². The molecule has 1 N–H and O–H groups in total. The maximum absolute atomic E-state index is 10.5. The molecule has 0 amide bonds. The minimum Gasteiger partial charge on any atom is -0.496 e. The van der Waals surface area contributed by atoms with Crippen molar-refractivity contribution >= 4 is 27.5 Å². The van der Waals surface area contributed by atoms with Crippen LogP contribution < -0.4 is 9.08 Å². The number of benzene rings is 1. The van der Waals surface area contributed by atoms with Gasteiger partial charge in [-0.05, 0) is 12.1 Å². The van der Waals surface area contributed by atoms with E-state index in [0.717, 1.165) is 0 Å². The summed E-state index contributed by atoms with van der Waals surface area (Å²) < 4.78 is 7.40. The van der Waals surface area contributed by atoms with Gasteiger partial charge in [0.25, 0.3) is 5.69 Å². The van der Waals surface area contributed by atoms with Gasteiger partial charge in [-0.1, -0.05) is 0 Å². The van der Waals surface area contributed by atoms with E-state index in [4.69, 9.17) is 4.74 Å². The highest BCUT2D eigenvalue weighted by molar-refractivity contribution is 9.10. The molecule has 70 valence electrons. The maximum atomic E-state index is 10.5. The predicted octanol–water partition coefficient (Wildman–Crippen LogP) is 2.33. The summed E-state index contributed by atoms with van der Waals surface area (Å²) in [5, 5.41) is 10.5. The first-order valence-electron chi connectivity index (χ1n) is 3.38. The molecule has 0 fully saturated rings. The lowest BCUT2D eigenvalue weighted by molar-refractivity contribution is -0.383. The van der Waals surface area contributed by atoms with E-state index in [1.807, 2.05) is 0 Å². The molecule has 0 aromatic heterocycles. The molecule has 0 saturated heterocycles. The standard InChI is InChI=1S/C7H7BrN2O3/c1-13-5-2-3-6(9-8)7(4-5)10(11)12/h2-4,9H,1H3. The van der Waals surface area contributed by atoms with Crippen molar-refractivity contribution in [3.05, 3.63) is 28.3 Å². The number of hydrogen-bond acceptors (Lipinski definition) is 4. The monoisotopic (exact) mass is 246 g/mol. The molecule has 1 rings (SSSR count). The number of nitrogens with zero attached hydrogens (tertiary/aromatic N) is 1. The second-order valence-corrected chi connectivity index (χ2v) is 2.63. The van der Waals surface area contributed by atoms with E-state index in [9.17, 15) is 10.1 Å². The number of nitrogens with one attached hydrogen (secondary N) is 1. The fourth-order valence-corrected chi connectivity index (χ4v) is 1.20. The van der Waals surface area contributed by atoms with Gasteiger partial charge in [0.05, 0.1) is 18.1 Å². The number of anilines is 1. The topological polar surface area (TPSA) is 64.4 Å². The van der Waals surface area contributed by atoms with Gasteiger partial charge in [0.2, 0.25) is 0 Å². The Morgan fingerprint density at radius 2 is 2.31 bits per heavy atom. The molecule has 5 nitrogen and oxygen atoms in total. The van der Waals surface area contributed by atoms with E-state index in [2.05, 4.69) is 20.5 Å². The van der Waals surface area contributed by atoms with Gasteiger partial charge in [-0.3, -0.25) is 10.1 Å². The zero-order chi connectivity index (χ0) is 9.84. The average Bonchev–Trinajstić information content (AvgIpc) is 2.16. The van der Waals surface area contributed by atoms with Crippen molar-refractivity contribution in [2.75, 3.05) is 11.5 Å². The van der Waals surface area contributed by atoms with Crippen LogP contribution in [0.25, 0.3) is 0 Å². The van der Waals surface area contributed by atoms with Crippen molar-refractivity contribution in [1.29, 1.82) is 0 Å². The van der Waals surface area contributed by atoms with Crippen molar-refractivity contribution in [3.63, 3.8) is 0 Å². The van der Waals surface area contributed by atoms with E-state index < -0.39 is 4.92 Å². The van der Waals surface area contributed by atoms with Gasteiger partial charge in [-0.25, -0.2) is 0 Å². The van der Waals surface area contributed by atoms with Gasteiger partial charge in [-0.2, -0.15) is 0 Å². The molecular weight excluding hydrogens is 240 g/mol. The third-order valence-corrected chi connectivity index (χ3v) is 1.93. The summed E-state index contributed by atoms with van der Waals surface area (Å²) in [5.41, 5.74) is 0.363. The van der Waals surface area contributed by atoms with Crippen molar-refractivity contribution < 1.29 is 9.66 Å². The van der Waals surface area contributed by atoms with Crippen molar-refractivity contribution in [3.8, 4) is 5.75 Å². The number of methoxy groups -OCH3 is 1. The van der Waals surface area contributed by atoms with Crippen LogP contribution in [0.4, 0.5) is 11.4 Å². The van der Waals surface area contributed by atoms with Gasteiger partial charge in [-0.15, -0.1) is 0 Å². The minimum atomic E-state index is -0.480. The number of rotatable bonds is 3. The zero-order valence-corrected chi connectivity index (χ0v) is 8.37. The van der Waals surface area contributed by atoms with Crippen LogP contribution in [0.5, 0.6) is 5.75 Å². The van der Waals surface area contributed by atoms with E-state index in [1.165, 1.54) is 13.2 Å². The number of nitro groups is 1. The van der Waals surface area contributed by atoms with Crippen molar-refractivity contribution in [1.82, 2.24) is 0 Å². The summed E-state index contributed by atoms with van der Waals surface area (Å²) in [5.74, 6) is 0.457. The Kier molecular flexibility index (Phi) is 3.07. The molecule has 0 saturated carbocycles. The summed E-state index contributed by atoms with van der Waals surface area (Å²) in [4.78, 5) is 10.1. The van der Waals surface area contributed by atoms with Gasteiger partial charge in [0.1, 0.15) is 11.4 Å². The third kappa shape index (κ3) is 2.09. The van der Waals surface area contributed by atoms with E-state index in [1.54, 1.807) is 12.1 Å². The van der Waals surface area contributed by atoms with Crippen LogP contribution in [-0.2, 0) is 0 Å². The number of hydrogen-bond donors (Lipinski definition) is 1. The highest BCUT2D eigenvalue weighted by Gasteiger charge is 2.13. The Bertz CT molecular complexity index is 330. The van der Waals surface area contributed by atoms with Crippen LogP contribution in [0.15, 0.2) is 18.2 Å². The Morgan fingerprint density at radius 1 is 1.62 bits per heavy atom. The van der Waals surface area contributed by atoms with Crippen LogP contribution in [0.2, 0.25) is 0 Å². The van der Waals surface area contributed by atoms with Gasteiger partial charge < -0.3 is 9.08 Å². The summed E-state index contributed by atoms with van der Waals surface area (Å²) in [6, 6.07) is 4.55. The van der Waals surface area contributed by atoms with Gasteiger partial charge >= 0.3 is 0 Å². The smallest absolute Gasteiger partial charge is 0.296 e. The van der Waals surface area contributed by atoms with Gasteiger partial charge in [0, 0.05) is 16.1 Å². The zero-order valence-electron chi connectivity index (χ0n) is 6.78. The molecule has 0 radical (unpaired) electrons. The average molecular weight is 247 g/mol. The highest BCUT2D eigenvalue weighted by atomic mass is 79.9. The Balaban J connectivity index is 3.18. The molecule has 0 aliphatic carbocycles. The lowest BCUT2D eigenvalue weighted by Gasteiger charge is -2.02. The summed E-state index contributed by atoms with van der Waals surface area (Å²) >= 11 is 2.93. The summed E-state index contributed by atoms with van der Waals surface area (Å²) in [6.07, 6.45) is 0. The number of ether oxygens (including phenoxy) is 1.